The van der Waals surface area contributed by atoms with Crippen LogP contribution in [0.15, 0.2) is 116 Å². The first-order valence-electron chi connectivity index (χ1n) is 16.4. The zero-order valence-electron chi connectivity index (χ0n) is 28.9. The molecule has 14 heteroatoms. The molecule has 0 aliphatic heterocycles. The number of carbonyl (C=O) groups is 1. The zero-order valence-corrected chi connectivity index (χ0v) is 28.9. The number of carbonyl (C=O) groups excluding carboxylic acids is 1. The summed E-state index contributed by atoms with van der Waals surface area (Å²) in [6.45, 7) is 2.93. The molecule has 0 aliphatic carbocycles. The minimum atomic E-state index is -4.53. The number of methoxy groups -OCH3 is 2. The molecule has 3 heterocycles. The lowest BCUT2D eigenvalue weighted by Gasteiger charge is -2.24. The average Bonchev–Trinajstić information content (AvgIpc) is 3.83. The van der Waals surface area contributed by atoms with Gasteiger partial charge in [0, 0.05) is 36.1 Å². The molecule has 0 spiro atoms. The molecule has 53 heavy (non-hydrogen) atoms. The van der Waals surface area contributed by atoms with Crippen molar-refractivity contribution in [3.05, 3.63) is 144 Å². The summed E-state index contributed by atoms with van der Waals surface area (Å²) < 4.78 is 53.7. The molecule has 0 saturated heterocycles. The molecule has 0 radical (unpaired) electrons. The zero-order chi connectivity index (χ0) is 37.1. The fraction of sp³-hybridized carbons (Fsp3) is 0.154. The van der Waals surface area contributed by atoms with Crippen LogP contribution in [0.5, 0.6) is 11.5 Å². The largest absolute Gasteiger partial charge is 0.497 e. The fourth-order valence-corrected chi connectivity index (χ4v) is 5.89. The van der Waals surface area contributed by atoms with E-state index in [9.17, 15) is 18.0 Å². The maximum atomic E-state index is 13.2. The smallest absolute Gasteiger partial charge is 0.416 e. The Kier molecular flexibility index (Phi) is 9.50. The summed E-state index contributed by atoms with van der Waals surface area (Å²) in [7, 11) is 3.26. The van der Waals surface area contributed by atoms with Gasteiger partial charge in [-0.1, -0.05) is 36.4 Å². The van der Waals surface area contributed by atoms with E-state index < -0.39 is 17.6 Å². The van der Waals surface area contributed by atoms with Crippen LogP contribution >= 0.6 is 0 Å². The highest BCUT2D eigenvalue weighted by Crippen LogP contribution is 2.31. The van der Waals surface area contributed by atoms with E-state index in [0.29, 0.717) is 41.5 Å². The first-order chi connectivity index (χ1) is 25.6. The van der Waals surface area contributed by atoms with E-state index >= 15 is 0 Å². The van der Waals surface area contributed by atoms with Gasteiger partial charge in [0.1, 0.15) is 17.8 Å². The Morgan fingerprint density at radius 3 is 2.15 bits per heavy atom. The van der Waals surface area contributed by atoms with E-state index in [1.54, 1.807) is 60.2 Å². The molecule has 4 aromatic carbocycles. The molecule has 0 saturated carbocycles. The number of fused-ring (bicyclic) bond motifs is 1. The van der Waals surface area contributed by atoms with E-state index in [-0.39, 0.29) is 11.3 Å². The van der Waals surface area contributed by atoms with Crippen LogP contribution in [0.25, 0.3) is 22.6 Å². The van der Waals surface area contributed by atoms with Crippen LogP contribution in [0.3, 0.4) is 0 Å². The van der Waals surface area contributed by atoms with Crippen molar-refractivity contribution in [1.29, 1.82) is 0 Å². The van der Waals surface area contributed by atoms with Crippen molar-refractivity contribution >= 4 is 23.1 Å². The molecule has 7 rings (SSSR count). The normalized spacial score (nSPS) is 11.4. The van der Waals surface area contributed by atoms with Crippen molar-refractivity contribution in [2.24, 2.45) is 0 Å². The minimum absolute atomic E-state index is 0.0360. The second-order valence-corrected chi connectivity index (χ2v) is 12.2. The van der Waals surface area contributed by atoms with E-state index in [0.717, 1.165) is 40.3 Å². The third-order valence-corrected chi connectivity index (χ3v) is 8.69. The highest BCUT2D eigenvalue weighted by molar-refractivity contribution is 6.04. The molecule has 0 fully saturated rings. The first-order valence-corrected chi connectivity index (χ1v) is 16.4. The highest BCUT2D eigenvalue weighted by Gasteiger charge is 2.30. The quantitative estimate of drug-likeness (QED) is 0.144. The van der Waals surface area contributed by atoms with Crippen molar-refractivity contribution < 1.29 is 27.4 Å². The fourth-order valence-electron chi connectivity index (χ4n) is 5.89. The SMILES string of the molecule is COc1ccc(CN(Cc2ccc(OC)cc2)c2ncnn3c(-c4cnn(-c5cc(C(=O)Nc6cccc(C(F)(F)F)c6)ccc5C)c4)cnc23)cc1. The Balaban J connectivity index is 1.18. The second kappa shape index (κ2) is 14.5. The molecule has 1 N–H and O–H groups in total. The third kappa shape index (κ3) is 7.52. The Morgan fingerprint density at radius 1 is 0.830 bits per heavy atom. The van der Waals surface area contributed by atoms with Gasteiger partial charge < -0.3 is 19.7 Å². The standard InChI is InChI=1S/C39H33F3N8O3/c1-25-7-12-28(38(51)47-31-6-4-5-30(18-31)39(40,41)42)17-34(25)49-23-29(19-45-49)35-20-43-37-36(44-24-46-50(35)37)48(21-26-8-13-32(52-2)14-9-26)22-27-10-15-33(53-3)16-11-27/h4-20,23-24H,21-22H2,1-3H3,(H,47,51). The number of anilines is 2. The summed E-state index contributed by atoms with van der Waals surface area (Å²) in [6, 6.07) is 25.2. The number of hydrogen-bond donors (Lipinski definition) is 1. The summed E-state index contributed by atoms with van der Waals surface area (Å²) in [6.07, 6.45) is 2.14. The van der Waals surface area contributed by atoms with E-state index in [2.05, 4.69) is 25.4 Å². The number of alkyl halides is 3. The van der Waals surface area contributed by atoms with Crippen LogP contribution < -0.4 is 19.7 Å². The number of aromatic nitrogens is 6. The Hall–Kier alpha value is -6.70. The summed E-state index contributed by atoms with van der Waals surface area (Å²) in [5.41, 5.74) is 4.88. The third-order valence-electron chi connectivity index (χ3n) is 8.69. The second-order valence-electron chi connectivity index (χ2n) is 12.2. The number of nitrogens with zero attached hydrogens (tertiary/aromatic N) is 7. The maximum Gasteiger partial charge on any atom is 0.416 e. The summed E-state index contributed by atoms with van der Waals surface area (Å²) in [5, 5.41) is 11.7. The van der Waals surface area contributed by atoms with Gasteiger partial charge in [0.25, 0.3) is 5.91 Å². The van der Waals surface area contributed by atoms with E-state index in [1.165, 1.54) is 18.5 Å². The van der Waals surface area contributed by atoms with Gasteiger partial charge >= 0.3 is 6.18 Å². The predicted molar refractivity (Wildman–Crippen MR) is 193 cm³/mol. The Labute approximate surface area is 302 Å². The number of benzene rings is 4. The van der Waals surface area contributed by atoms with Crippen molar-refractivity contribution in [3.63, 3.8) is 0 Å². The molecule has 268 valence electrons. The molecule has 1 amide bonds. The summed E-state index contributed by atoms with van der Waals surface area (Å²) in [4.78, 5) is 24.7. The van der Waals surface area contributed by atoms with Crippen molar-refractivity contribution in [1.82, 2.24) is 29.4 Å². The number of hydrogen-bond acceptors (Lipinski definition) is 8. The van der Waals surface area contributed by atoms with Crippen molar-refractivity contribution in [2.75, 3.05) is 24.4 Å². The Morgan fingerprint density at radius 2 is 1.51 bits per heavy atom. The molecule has 0 bridgehead atoms. The minimum Gasteiger partial charge on any atom is -0.497 e. The van der Waals surface area contributed by atoms with Gasteiger partial charge in [-0.15, -0.1) is 0 Å². The molecule has 7 aromatic rings. The van der Waals surface area contributed by atoms with Gasteiger partial charge in [0.2, 0.25) is 0 Å². The van der Waals surface area contributed by atoms with Crippen molar-refractivity contribution in [2.45, 2.75) is 26.2 Å². The van der Waals surface area contributed by atoms with Crippen LogP contribution in [-0.4, -0.2) is 49.5 Å². The van der Waals surface area contributed by atoms with Gasteiger partial charge in [0.05, 0.1) is 43.6 Å². The molecular weight excluding hydrogens is 685 g/mol. The first kappa shape index (κ1) is 34.7. The number of halogens is 3. The van der Waals surface area contributed by atoms with Gasteiger partial charge in [-0.25, -0.2) is 19.2 Å². The van der Waals surface area contributed by atoms with E-state index in [4.69, 9.17) is 14.5 Å². The predicted octanol–water partition coefficient (Wildman–Crippen LogP) is 7.78. The molecular formula is C39H33F3N8O3. The lowest BCUT2D eigenvalue weighted by molar-refractivity contribution is -0.137. The van der Waals surface area contributed by atoms with Crippen LogP contribution in [0.2, 0.25) is 0 Å². The number of rotatable bonds is 11. The maximum absolute atomic E-state index is 13.2. The average molecular weight is 719 g/mol. The molecule has 0 atom stereocenters. The summed E-state index contributed by atoms with van der Waals surface area (Å²) in [5.74, 6) is 1.59. The molecule has 0 aliphatic rings. The van der Waals surface area contributed by atoms with Crippen molar-refractivity contribution in [3.8, 4) is 28.4 Å². The number of nitrogens with one attached hydrogen (secondary N) is 1. The lowest BCUT2D eigenvalue weighted by atomic mass is 10.1. The van der Waals surface area contributed by atoms with Crippen LogP contribution in [-0.2, 0) is 19.3 Å². The van der Waals surface area contributed by atoms with Crippen LogP contribution in [0.4, 0.5) is 24.7 Å². The lowest BCUT2D eigenvalue weighted by Crippen LogP contribution is -2.24. The topological polar surface area (TPSA) is 112 Å². The molecule has 3 aromatic heterocycles. The highest BCUT2D eigenvalue weighted by atomic mass is 19.4. The van der Waals surface area contributed by atoms with Gasteiger partial charge in [-0.3, -0.25) is 4.79 Å². The number of imidazole rings is 1. The van der Waals surface area contributed by atoms with Gasteiger partial charge in [0.15, 0.2) is 11.5 Å². The number of amides is 1. The van der Waals surface area contributed by atoms with Crippen LogP contribution in [0.1, 0.15) is 32.6 Å². The van der Waals surface area contributed by atoms with Crippen LogP contribution in [0, 0.1) is 6.92 Å². The Bertz CT molecular complexity index is 2340. The number of ether oxygens (including phenoxy) is 2. The number of aryl methyl sites for hydroxylation is 1. The van der Waals surface area contributed by atoms with E-state index in [1.807, 2.05) is 55.5 Å². The summed E-state index contributed by atoms with van der Waals surface area (Å²) >= 11 is 0. The van der Waals surface area contributed by atoms with Gasteiger partial charge in [-0.05, 0) is 78.2 Å². The van der Waals surface area contributed by atoms with Gasteiger partial charge in [-0.2, -0.15) is 23.4 Å². The monoisotopic (exact) mass is 718 g/mol. The molecule has 0 unspecified atom stereocenters. The molecule has 11 nitrogen and oxygen atoms in total.